The van der Waals surface area contributed by atoms with Gasteiger partial charge in [0.15, 0.2) is 6.61 Å². The van der Waals surface area contributed by atoms with Crippen LogP contribution in [0.4, 0.5) is 17.6 Å². The summed E-state index contributed by atoms with van der Waals surface area (Å²) in [6.45, 7) is 0.422. The van der Waals surface area contributed by atoms with Crippen LogP contribution in [0.5, 0.6) is 5.75 Å². The van der Waals surface area contributed by atoms with Crippen molar-refractivity contribution < 1.29 is 27.1 Å². The minimum Gasteiger partial charge on any atom is -0.484 e. The summed E-state index contributed by atoms with van der Waals surface area (Å²) < 4.78 is 55.6. The summed E-state index contributed by atoms with van der Waals surface area (Å²) in [5.41, 5.74) is 3.88. The number of ether oxygens (including phenoxy) is 1. The van der Waals surface area contributed by atoms with Crippen LogP contribution in [0.25, 0.3) is 0 Å². The number of benzene rings is 1. The first kappa shape index (κ1) is 17.2. The van der Waals surface area contributed by atoms with E-state index in [1.54, 1.807) is 0 Å². The number of nitrogens with two attached hydrogens (primary N) is 1. The lowest BCUT2D eigenvalue weighted by atomic mass is 10.2. The molecule has 0 saturated heterocycles. The zero-order chi connectivity index (χ0) is 16.0. The van der Waals surface area contributed by atoms with Gasteiger partial charge in [0.2, 0.25) is 0 Å². The Morgan fingerprint density at radius 3 is 2.62 bits per heavy atom. The van der Waals surface area contributed by atoms with Crippen LogP contribution in [0.2, 0.25) is 0 Å². The Morgan fingerprint density at radius 2 is 2.05 bits per heavy atom. The summed E-state index contributed by atoms with van der Waals surface area (Å²) in [6.07, 6.45) is -4.21. The Kier molecular flexibility index (Phi) is 5.95. The van der Waals surface area contributed by atoms with Crippen LogP contribution < -0.4 is 10.5 Å². The number of rotatable bonds is 6. The smallest absolute Gasteiger partial charge is 0.419 e. The molecule has 1 amide bonds. The van der Waals surface area contributed by atoms with Gasteiger partial charge in [-0.05, 0) is 31.2 Å². The van der Waals surface area contributed by atoms with E-state index in [0.29, 0.717) is 31.6 Å². The number of hydrogen-bond donors (Lipinski definition) is 1. The molecule has 0 aliphatic carbocycles. The molecular formula is C13H16F4N2O2. The summed E-state index contributed by atoms with van der Waals surface area (Å²) in [5.74, 6) is -2.01. The minimum atomic E-state index is -4.81. The van der Waals surface area contributed by atoms with Gasteiger partial charge >= 0.3 is 6.18 Å². The molecule has 2 N–H and O–H groups in total. The molecule has 118 valence electrons. The standard InChI is InChI=1S/C13H16F4N2O2/c1-19(6-2-5-18)12(20)8-21-9-3-4-11(14)10(7-9)13(15,16)17/h3-4,7H,2,5-6,8,18H2,1H3. The van der Waals surface area contributed by atoms with Crippen molar-refractivity contribution in [2.45, 2.75) is 12.6 Å². The van der Waals surface area contributed by atoms with Crippen molar-refractivity contribution in [1.82, 2.24) is 4.90 Å². The number of halogens is 4. The maximum absolute atomic E-state index is 13.1. The molecule has 0 saturated carbocycles. The number of alkyl halides is 3. The van der Waals surface area contributed by atoms with Crippen molar-refractivity contribution >= 4 is 5.91 Å². The predicted octanol–water partition coefficient (Wildman–Crippen LogP) is 2.03. The molecule has 4 nitrogen and oxygen atoms in total. The van der Waals surface area contributed by atoms with E-state index in [-0.39, 0.29) is 5.75 Å². The first-order valence-electron chi connectivity index (χ1n) is 6.19. The van der Waals surface area contributed by atoms with Gasteiger partial charge in [-0.3, -0.25) is 4.79 Å². The zero-order valence-electron chi connectivity index (χ0n) is 11.4. The number of nitrogens with zero attached hydrogens (tertiary/aromatic N) is 1. The summed E-state index contributed by atoms with van der Waals surface area (Å²) >= 11 is 0. The molecule has 21 heavy (non-hydrogen) atoms. The highest BCUT2D eigenvalue weighted by atomic mass is 19.4. The van der Waals surface area contributed by atoms with E-state index < -0.39 is 30.1 Å². The van der Waals surface area contributed by atoms with Gasteiger partial charge in [0, 0.05) is 13.6 Å². The summed E-state index contributed by atoms with van der Waals surface area (Å²) in [6, 6.07) is 2.22. The fourth-order valence-corrected chi connectivity index (χ4v) is 1.52. The Labute approximate surface area is 119 Å². The van der Waals surface area contributed by atoms with E-state index >= 15 is 0 Å². The molecule has 0 atom stereocenters. The first-order valence-corrected chi connectivity index (χ1v) is 6.19. The first-order chi connectivity index (χ1) is 9.75. The van der Waals surface area contributed by atoms with E-state index in [1.165, 1.54) is 11.9 Å². The average molecular weight is 308 g/mol. The van der Waals surface area contributed by atoms with E-state index in [0.717, 1.165) is 6.07 Å². The van der Waals surface area contributed by atoms with Gasteiger partial charge in [-0.2, -0.15) is 13.2 Å². The molecule has 0 aliphatic heterocycles. The second kappa shape index (κ2) is 7.26. The molecule has 0 radical (unpaired) electrons. The number of carbonyl (C=O) groups is 1. The monoisotopic (exact) mass is 308 g/mol. The lowest BCUT2D eigenvalue weighted by Gasteiger charge is -2.17. The predicted molar refractivity (Wildman–Crippen MR) is 68.2 cm³/mol. The molecule has 0 spiro atoms. The molecular weight excluding hydrogens is 292 g/mol. The third-order valence-electron chi connectivity index (χ3n) is 2.73. The largest absolute Gasteiger partial charge is 0.484 e. The molecule has 8 heteroatoms. The molecule has 0 heterocycles. The molecule has 1 rings (SSSR count). The zero-order valence-corrected chi connectivity index (χ0v) is 11.4. The van der Waals surface area contributed by atoms with Crippen molar-refractivity contribution in [2.75, 3.05) is 26.7 Å². The quantitative estimate of drug-likeness (QED) is 0.818. The lowest BCUT2D eigenvalue weighted by Crippen LogP contribution is -2.33. The van der Waals surface area contributed by atoms with Crippen LogP contribution in [0, 0.1) is 5.82 Å². The fourth-order valence-electron chi connectivity index (χ4n) is 1.52. The molecule has 0 unspecified atom stereocenters. The molecule has 1 aromatic rings. The highest BCUT2D eigenvalue weighted by Gasteiger charge is 2.34. The highest BCUT2D eigenvalue weighted by molar-refractivity contribution is 5.77. The maximum atomic E-state index is 13.1. The second-order valence-corrected chi connectivity index (χ2v) is 4.39. The van der Waals surface area contributed by atoms with E-state index in [2.05, 4.69) is 0 Å². The van der Waals surface area contributed by atoms with Crippen molar-refractivity contribution in [1.29, 1.82) is 0 Å². The Hall–Kier alpha value is -1.83. The topological polar surface area (TPSA) is 55.6 Å². The van der Waals surface area contributed by atoms with Crippen LogP contribution in [0.15, 0.2) is 18.2 Å². The fraction of sp³-hybridized carbons (Fsp3) is 0.462. The van der Waals surface area contributed by atoms with Crippen LogP contribution >= 0.6 is 0 Å². The highest BCUT2D eigenvalue weighted by Crippen LogP contribution is 2.33. The third kappa shape index (κ3) is 5.22. The van der Waals surface area contributed by atoms with Gasteiger partial charge in [0.1, 0.15) is 11.6 Å². The number of hydrogen-bond acceptors (Lipinski definition) is 3. The van der Waals surface area contributed by atoms with Crippen LogP contribution in [-0.2, 0) is 11.0 Å². The van der Waals surface area contributed by atoms with Crippen LogP contribution in [-0.4, -0.2) is 37.6 Å². The van der Waals surface area contributed by atoms with Gasteiger partial charge in [-0.15, -0.1) is 0 Å². The molecule has 0 aliphatic rings. The Morgan fingerprint density at radius 1 is 1.38 bits per heavy atom. The van der Waals surface area contributed by atoms with Gasteiger partial charge < -0.3 is 15.4 Å². The molecule has 0 aromatic heterocycles. The SMILES string of the molecule is CN(CCCN)C(=O)COc1ccc(F)c(C(F)(F)F)c1. The third-order valence-corrected chi connectivity index (χ3v) is 2.73. The summed E-state index contributed by atoms with van der Waals surface area (Å²) in [5, 5.41) is 0. The van der Waals surface area contributed by atoms with Crippen LogP contribution in [0.1, 0.15) is 12.0 Å². The molecule has 0 bridgehead atoms. The van der Waals surface area contributed by atoms with E-state index in [9.17, 15) is 22.4 Å². The second-order valence-electron chi connectivity index (χ2n) is 4.39. The minimum absolute atomic E-state index is 0.218. The van der Waals surface area contributed by atoms with Crippen LogP contribution in [0.3, 0.4) is 0 Å². The normalized spacial score (nSPS) is 11.3. The summed E-state index contributed by atoms with van der Waals surface area (Å²) in [7, 11) is 1.53. The van der Waals surface area contributed by atoms with E-state index in [1.807, 2.05) is 0 Å². The molecule has 0 fully saturated rings. The van der Waals surface area contributed by atoms with Crippen molar-refractivity contribution in [2.24, 2.45) is 5.73 Å². The summed E-state index contributed by atoms with van der Waals surface area (Å²) in [4.78, 5) is 13.0. The maximum Gasteiger partial charge on any atom is 0.419 e. The van der Waals surface area contributed by atoms with Gasteiger partial charge in [0.05, 0.1) is 5.56 Å². The average Bonchev–Trinajstić information content (AvgIpc) is 2.42. The van der Waals surface area contributed by atoms with Crippen molar-refractivity contribution in [3.63, 3.8) is 0 Å². The number of carbonyl (C=O) groups excluding carboxylic acids is 1. The number of amides is 1. The Bertz CT molecular complexity index is 492. The van der Waals surface area contributed by atoms with Crippen molar-refractivity contribution in [3.8, 4) is 5.75 Å². The molecule has 1 aromatic carbocycles. The van der Waals surface area contributed by atoms with Gasteiger partial charge in [0.25, 0.3) is 5.91 Å². The lowest BCUT2D eigenvalue weighted by molar-refractivity contribution is -0.140. The number of likely N-dealkylation sites (N-methyl/N-ethyl adjacent to an activating group) is 1. The van der Waals surface area contributed by atoms with E-state index in [4.69, 9.17) is 10.5 Å². The Balaban J connectivity index is 2.66. The van der Waals surface area contributed by atoms with Gasteiger partial charge in [-0.25, -0.2) is 4.39 Å². The van der Waals surface area contributed by atoms with Gasteiger partial charge in [-0.1, -0.05) is 0 Å². The van der Waals surface area contributed by atoms with Crippen molar-refractivity contribution in [3.05, 3.63) is 29.6 Å².